The Kier molecular flexibility index (Phi) is 4.36. The second-order valence-electron chi connectivity index (χ2n) is 3.89. The fourth-order valence-electron chi connectivity index (χ4n) is 1.79. The third-order valence-electron chi connectivity index (χ3n) is 2.62. The highest BCUT2D eigenvalue weighted by Gasteiger charge is 2.12. The van der Waals surface area contributed by atoms with Gasteiger partial charge in [0.1, 0.15) is 0 Å². The molecule has 0 saturated carbocycles. The lowest BCUT2D eigenvalue weighted by atomic mass is 10.2. The maximum Gasteiger partial charge on any atom is 0.0406 e. The zero-order chi connectivity index (χ0) is 10.5. The Labute approximate surface area is 101 Å². The molecule has 2 rings (SSSR count). The summed E-state index contributed by atoms with van der Waals surface area (Å²) in [6, 6.07) is 8.15. The summed E-state index contributed by atoms with van der Waals surface area (Å²) in [5, 5.41) is 5.02. The summed E-state index contributed by atoms with van der Waals surface area (Å²) in [4.78, 5) is 1.33. The molecule has 0 radical (unpaired) electrons. The fourth-order valence-corrected chi connectivity index (χ4v) is 3.08. The summed E-state index contributed by atoms with van der Waals surface area (Å²) < 4.78 is 0. The number of hydrogen-bond acceptors (Lipinski definition) is 2. The predicted molar refractivity (Wildman–Crippen MR) is 67.8 cm³/mol. The normalized spacial score (nSPS) is 22.3. The van der Waals surface area contributed by atoms with Crippen LogP contribution in [0.3, 0.4) is 0 Å². The van der Waals surface area contributed by atoms with E-state index in [2.05, 4.69) is 17.4 Å². The smallest absolute Gasteiger partial charge is 0.0406 e. The SMILES string of the molecule is Clc1ccc(SC2CCCCNC2)cc1. The van der Waals surface area contributed by atoms with Crippen molar-refractivity contribution in [1.82, 2.24) is 5.32 Å². The van der Waals surface area contributed by atoms with E-state index >= 15 is 0 Å². The highest BCUT2D eigenvalue weighted by atomic mass is 35.5. The highest BCUT2D eigenvalue weighted by molar-refractivity contribution is 8.00. The molecule has 1 fully saturated rings. The van der Waals surface area contributed by atoms with Gasteiger partial charge in [-0.15, -0.1) is 11.8 Å². The van der Waals surface area contributed by atoms with Crippen LogP contribution in [0.2, 0.25) is 5.02 Å². The van der Waals surface area contributed by atoms with Gasteiger partial charge in [-0.25, -0.2) is 0 Å². The van der Waals surface area contributed by atoms with E-state index in [9.17, 15) is 0 Å². The minimum Gasteiger partial charge on any atom is -0.316 e. The molecule has 1 aliphatic heterocycles. The minimum atomic E-state index is 0.716. The lowest BCUT2D eigenvalue weighted by Crippen LogP contribution is -2.22. The first-order valence-corrected chi connectivity index (χ1v) is 6.73. The van der Waals surface area contributed by atoms with Gasteiger partial charge in [0.2, 0.25) is 0 Å². The molecule has 0 amide bonds. The van der Waals surface area contributed by atoms with Crippen molar-refractivity contribution in [3.8, 4) is 0 Å². The molecule has 0 aliphatic carbocycles. The molecular weight excluding hydrogens is 226 g/mol. The molecule has 15 heavy (non-hydrogen) atoms. The minimum absolute atomic E-state index is 0.716. The van der Waals surface area contributed by atoms with Crippen LogP contribution < -0.4 is 5.32 Å². The molecule has 1 unspecified atom stereocenters. The Balaban J connectivity index is 1.92. The third kappa shape index (κ3) is 3.71. The Bertz CT molecular complexity index is 291. The average molecular weight is 242 g/mol. The summed E-state index contributed by atoms with van der Waals surface area (Å²) in [5.74, 6) is 0. The molecule has 1 aliphatic rings. The van der Waals surface area contributed by atoms with E-state index < -0.39 is 0 Å². The van der Waals surface area contributed by atoms with E-state index in [0.29, 0.717) is 5.25 Å². The average Bonchev–Trinajstić information content (AvgIpc) is 2.50. The second kappa shape index (κ2) is 5.78. The van der Waals surface area contributed by atoms with Crippen LogP contribution in [-0.4, -0.2) is 18.3 Å². The molecule has 0 bridgehead atoms. The van der Waals surface area contributed by atoms with Gasteiger partial charge < -0.3 is 5.32 Å². The van der Waals surface area contributed by atoms with Gasteiger partial charge in [-0.05, 0) is 43.7 Å². The van der Waals surface area contributed by atoms with Crippen molar-refractivity contribution in [3.05, 3.63) is 29.3 Å². The van der Waals surface area contributed by atoms with Crippen LogP contribution in [0, 0.1) is 0 Å². The Morgan fingerprint density at radius 1 is 1.20 bits per heavy atom. The van der Waals surface area contributed by atoms with E-state index in [1.807, 2.05) is 23.9 Å². The Morgan fingerprint density at radius 3 is 2.80 bits per heavy atom. The molecule has 0 spiro atoms. The molecule has 82 valence electrons. The predicted octanol–water partition coefficient (Wildman–Crippen LogP) is 3.57. The van der Waals surface area contributed by atoms with Crippen LogP contribution in [0.4, 0.5) is 0 Å². The lowest BCUT2D eigenvalue weighted by molar-refractivity contribution is 0.706. The van der Waals surface area contributed by atoms with Crippen molar-refractivity contribution in [2.75, 3.05) is 13.1 Å². The number of nitrogens with one attached hydrogen (secondary N) is 1. The summed E-state index contributed by atoms with van der Waals surface area (Å²) in [6.07, 6.45) is 3.98. The van der Waals surface area contributed by atoms with E-state index in [1.165, 1.54) is 30.7 Å². The highest BCUT2D eigenvalue weighted by Crippen LogP contribution is 2.28. The lowest BCUT2D eigenvalue weighted by Gasteiger charge is -2.13. The van der Waals surface area contributed by atoms with Crippen LogP contribution in [-0.2, 0) is 0 Å². The maximum atomic E-state index is 5.86. The molecule has 1 aromatic carbocycles. The Morgan fingerprint density at radius 2 is 2.00 bits per heavy atom. The number of hydrogen-bond donors (Lipinski definition) is 1. The van der Waals surface area contributed by atoms with Crippen LogP contribution in [0.25, 0.3) is 0 Å². The van der Waals surface area contributed by atoms with Gasteiger partial charge in [0.05, 0.1) is 0 Å². The van der Waals surface area contributed by atoms with Crippen molar-refractivity contribution in [1.29, 1.82) is 0 Å². The fraction of sp³-hybridized carbons (Fsp3) is 0.500. The van der Waals surface area contributed by atoms with Crippen LogP contribution in [0.15, 0.2) is 29.2 Å². The van der Waals surface area contributed by atoms with Gasteiger partial charge in [-0.1, -0.05) is 18.0 Å². The van der Waals surface area contributed by atoms with Crippen LogP contribution >= 0.6 is 23.4 Å². The molecular formula is C12H16ClNS. The zero-order valence-corrected chi connectivity index (χ0v) is 10.3. The molecule has 1 saturated heterocycles. The second-order valence-corrected chi connectivity index (χ2v) is 5.70. The zero-order valence-electron chi connectivity index (χ0n) is 8.71. The van der Waals surface area contributed by atoms with Gasteiger partial charge in [0.15, 0.2) is 0 Å². The largest absolute Gasteiger partial charge is 0.316 e. The third-order valence-corrected chi connectivity index (χ3v) is 4.15. The summed E-state index contributed by atoms with van der Waals surface area (Å²) in [5.41, 5.74) is 0. The first-order valence-electron chi connectivity index (χ1n) is 5.47. The quantitative estimate of drug-likeness (QED) is 0.850. The molecule has 1 aromatic rings. The summed E-state index contributed by atoms with van der Waals surface area (Å²) in [7, 11) is 0. The van der Waals surface area contributed by atoms with Gasteiger partial charge in [0, 0.05) is 21.7 Å². The maximum absolute atomic E-state index is 5.86. The van der Waals surface area contributed by atoms with E-state index in [0.717, 1.165) is 11.6 Å². The molecule has 1 heterocycles. The van der Waals surface area contributed by atoms with E-state index in [4.69, 9.17) is 11.6 Å². The van der Waals surface area contributed by atoms with E-state index in [1.54, 1.807) is 0 Å². The monoisotopic (exact) mass is 241 g/mol. The van der Waals surface area contributed by atoms with Gasteiger partial charge >= 0.3 is 0 Å². The van der Waals surface area contributed by atoms with Crippen LogP contribution in [0.5, 0.6) is 0 Å². The molecule has 1 atom stereocenters. The molecule has 3 heteroatoms. The van der Waals surface area contributed by atoms with Crippen molar-refractivity contribution in [3.63, 3.8) is 0 Å². The standard InChI is InChI=1S/C12H16ClNS/c13-10-4-6-11(7-5-10)15-12-3-1-2-8-14-9-12/h4-7,12,14H,1-3,8-9H2. The molecule has 1 N–H and O–H groups in total. The van der Waals surface area contributed by atoms with E-state index in [-0.39, 0.29) is 0 Å². The van der Waals surface area contributed by atoms with Gasteiger partial charge in [0.25, 0.3) is 0 Å². The number of rotatable bonds is 2. The van der Waals surface area contributed by atoms with Gasteiger partial charge in [-0.2, -0.15) is 0 Å². The first-order chi connectivity index (χ1) is 7.34. The number of thioether (sulfide) groups is 1. The van der Waals surface area contributed by atoms with Crippen molar-refractivity contribution in [2.24, 2.45) is 0 Å². The number of halogens is 1. The van der Waals surface area contributed by atoms with Crippen LogP contribution in [0.1, 0.15) is 19.3 Å². The van der Waals surface area contributed by atoms with Gasteiger partial charge in [-0.3, -0.25) is 0 Å². The van der Waals surface area contributed by atoms with Crippen molar-refractivity contribution >= 4 is 23.4 Å². The summed E-state index contributed by atoms with van der Waals surface area (Å²) >= 11 is 7.82. The first kappa shape index (κ1) is 11.3. The Hall–Kier alpha value is -0.180. The molecule has 0 aromatic heterocycles. The molecule has 1 nitrogen and oxygen atoms in total. The van der Waals surface area contributed by atoms with Crippen molar-refractivity contribution in [2.45, 2.75) is 29.4 Å². The number of benzene rings is 1. The topological polar surface area (TPSA) is 12.0 Å². The van der Waals surface area contributed by atoms with Crippen molar-refractivity contribution < 1.29 is 0 Å². The summed E-state index contributed by atoms with van der Waals surface area (Å²) in [6.45, 7) is 2.31.